The van der Waals surface area contributed by atoms with Crippen molar-refractivity contribution in [2.24, 2.45) is 7.05 Å². The van der Waals surface area contributed by atoms with Gasteiger partial charge in [-0.05, 0) is 6.07 Å². The molecule has 0 N–H and O–H groups in total. The molecular weight excluding hydrogens is 447 g/mol. The molecule has 0 bridgehead atoms. The summed E-state index contributed by atoms with van der Waals surface area (Å²) in [6.07, 6.45) is 0.532. The summed E-state index contributed by atoms with van der Waals surface area (Å²) >= 11 is 0. The van der Waals surface area contributed by atoms with Crippen molar-refractivity contribution < 1.29 is 22.9 Å². The van der Waals surface area contributed by atoms with E-state index in [0.717, 1.165) is 18.5 Å². The maximum Gasteiger partial charge on any atom is 0.433 e. The standard InChI is InChI=1S/C18H18F3N9O3/c1-26-9-12(7-22-26)14-6-15(18(19,20)21)25-17(24-14)28-4-2-27(3-5-28)16(31)11-29-10-13(8-23-29)30(32)33/h6-10H,2-5,11H2,1H3. The quantitative estimate of drug-likeness (QED) is 0.408. The summed E-state index contributed by atoms with van der Waals surface area (Å²) in [5.74, 6) is -0.396. The van der Waals surface area contributed by atoms with Crippen molar-refractivity contribution >= 4 is 17.5 Å². The van der Waals surface area contributed by atoms with Gasteiger partial charge < -0.3 is 9.80 Å². The summed E-state index contributed by atoms with van der Waals surface area (Å²) in [7, 11) is 1.65. The molecule has 0 spiro atoms. The lowest BCUT2D eigenvalue weighted by atomic mass is 10.2. The summed E-state index contributed by atoms with van der Waals surface area (Å²) in [6, 6.07) is 0.879. The van der Waals surface area contributed by atoms with Gasteiger partial charge in [-0.25, -0.2) is 9.97 Å². The highest BCUT2D eigenvalue weighted by atomic mass is 19.4. The molecule has 0 aliphatic carbocycles. The Morgan fingerprint density at radius 3 is 2.42 bits per heavy atom. The number of hydrogen-bond donors (Lipinski definition) is 0. The van der Waals surface area contributed by atoms with Crippen LogP contribution in [0.5, 0.6) is 0 Å². The van der Waals surface area contributed by atoms with Gasteiger partial charge in [0.05, 0.1) is 16.8 Å². The van der Waals surface area contributed by atoms with Crippen molar-refractivity contribution in [3.05, 3.63) is 46.7 Å². The normalized spacial score (nSPS) is 14.5. The first-order chi connectivity index (χ1) is 15.6. The van der Waals surface area contributed by atoms with Crippen LogP contribution in [0, 0.1) is 10.1 Å². The molecule has 4 rings (SSSR count). The molecule has 1 aliphatic heterocycles. The zero-order chi connectivity index (χ0) is 23.8. The monoisotopic (exact) mass is 465 g/mol. The van der Waals surface area contributed by atoms with Crippen molar-refractivity contribution in [1.29, 1.82) is 0 Å². The average Bonchev–Trinajstić information content (AvgIpc) is 3.42. The van der Waals surface area contributed by atoms with Crippen LogP contribution >= 0.6 is 0 Å². The number of halogens is 3. The summed E-state index contributed by atoms with van der Waals surface area (Å²) in [5.41, 5.74) is -0.767. The number of hydrogen-bond acceptors (Lipinski definition) is 8. The van der Waals surface area contributed by atoms with Crippen LogP contribution in [-0.4, -0.2) is 71.4 Å². The van der Waals surface area contributed by atoms with Crippen LogP contribution in [0.1, 0.15) is 5.69 Å². The fourth-order valence-electron chi connectivity index (χ4n) is 3.35. The van der Waals surface area contributed by atoms with Crippen LogP contribution < -0.4 is 4.90 Å². The minimum atomic E-state index is -4.65. The molecule has 0 atom stereocenters. The van der Waals surface area contributed by atoms with E-state index in [-0.39, 0.29) is 56.0 Å². The largest absolute Gasteiger partial charge is 0.433 e. The van der Waals surface area contributed by atoms with Crippen molar-refractivity contribution in [1.82, 2.24) is 34.4 Å². The van der Waals surface area contributed by atoms with Crippen molar-refractivity contribution in [2.45, 2.75) is 12.7 Å². The van der Waals surface area contributed by atoms with Crippen molar-refractivity contribution in [2.75, 3.05) is 31.1 Å². The van der Waals surface area contributed by atoms with Crippen LogP contribution in [0.2, 0.25) is 0 Å². The van der Waals surface area contributed by atoms with E-state index >= 15 is 0 Å². The lowest BCUT2D eigenvalue weighted by molar-refractivity contribution is -0.385. The Bertz CT molecular complexity index is 1180. The first-order valence-electron chi connectivity index (χ1n) is 9.75. The molecule has 4 heterocycles. The lowest BCUT2D eigenvalue weighted by Gasteiger charge is -2.35. The van der Waals surface area contributed by atoms with Gasteiger partial charge in [-0.3, -0.25) is 24.3 Å². The molecule has 0 unspecified atom stereocenters. The topological polar surface area (TPSA) is 128 Å². The molecule has 0 aromatic carbocycles. The highest BCUT2D eigenvalue weighted by Gasteiger charge is 2.35. The zero-order valence-corrected chi connectivity index (χ0v) is 17.3. The molecular formula is C18H18F3N9O3. The van der Waals surface area contributed by atoms with E-state index in [4.69, 9.17) is 0 Å². The number of alkyl halides is 3. The highest BCUT2D eigenvalue weighted by Crippen LogP contribution is 2.32. The van der Waals surface area contributed by atoms with E-state index in [1.165, 1.54) is 20.5 Å². The first kappa shape index (κ1) is 22.2. The summed E-state index contributed by atoms with van der Waals surface area (Å²) in [6.45, 7) is 0.713. The Labute approximate surface area is 184 Å². The van der Waals surface area contributed by atoms with E-state index in [0.29, 0.717) is 5.56 Å². The SMILES string of the molecule is Cn1cc(-c2cc(C(F)(F)F)nc(N3CCN(C(=O)Cn4cc([N+](=O)[O-])cn4)CC3)n2)cn1. The maximum absolute atomic E-state index is 13.4. The van der Waals surface area contributed by atoms with Crippen molar-refractivity contribution in [3.8, 4) is 11.3 Å². The minimum absolute atomic E-state index is 0.0847. The number of nitro groups is 1. The Balaban J connectivity index is 1.47. The van der Waals surface area contributed by atoms with Crippen LogP contribution in [0.25, 0.3) is 11.3 Å². The van der Waals surface area contributed by atoms with E-state index in [9.17, 15) is 28.1 Å². The Hall–Kier alpha value is -4.04. The number of carbonyl (C=O) groups excluding carboxylic acids is 1. The number of rotatable bonds is 5. The first-order valence-corrected chi connectivity index (χ1v) is 9.75. The second kappa shape index (κ2) is 8.48. The molecule has 174 valence electrons. The van der Waals surface area contributed by atoms with Gasteiger partial charge in [-0.2, -0.15) is 23.4 Å². The second-order valence-corrected chi connectivity index (χ2v) is 7.36. The van der Waals surface area contributed by atoms with Gasteiger partial charge in [-0.15, -0.1) is 0 Å². The van der Waals surface area contributed by atoms with Crippen LogP contribution in [0.15, 0.2) is 30.9 Å². The lowest BCUT2D eigenvalue weighted by Crippen LogP contribution is -2.50. The fraction of sp³-hybridized carbons (Fsp3) is 0.389. The number of aryl methyl sites for hydroxylation is 1. The zero-order valence-electron chi connectivity index (χ0n) is 17.3. The third-order valence-corrected chi connectivity index (χ3v) is 5.05. The molecule has 15 heteroatoms. The molecule has 0 radical (unpaired) electrons. The number of nitrogens with zero attached hydrogens (tertiary/aromatic N) is 9. The predicted molar refractivity (Wildman–Crippen MR) is 107 cm³/mol. The van der Waals surface area contributed by atoms with E-state index in [2.05, 4.69) is 20.2 Å². The second-order valence-electron chi connectivity index (χ2n) is 7.36. The molecule has 3 aromatic rings. The molecule has 1 amide bonds. The van der Waals surface area contributed by atoms with E-state index < -0.39 is 16.8 Å². The molecule has 1 saturated heterocycles. The maximum atomic E-state index is 13.4. The Morgan fingerprint density at radius 1 is 1.12 bits per heavy atom. The Kier molecular flexibility index (Phi) is 5.69. The molecule has 1 aliphatic rings. The van der Waals surface area contributed by atoms with Gasteiger partial charge in [0.2, 0.25) is 11.9 Å². The highest BCUT2D eigenvalue weighted by molar-refractivity contribution is 5.76. The summed E-state index contributed by atoms with van der Waals surface area (Å²) in [5, 5.41) is 18.5. The van der Waals surface area contributed by atoms with E-state index in [1.807, 2.05) is 0 Å². The number of aromatic nitrogens is 6. The van der Waals surface area contributed by atoms with Crippen molar-refractivity contribution in [3.63, 3.8) is 0 Å². The average molecular weight is 465 g/mol. The number of anilines is 1. The van der Waals surface area contributed by atoms with Crippen LogP contribution in [-0.2, 0) is 24.6 Å². The molecule has 0 saturated carbocycles. The third-order valence-electron chi connectivity index (χ3n) is 5.05. The number of amides is 1. The van der Waals surface area contributed by atoms with Gasteiger partial charge in [0.25, 0.3) is 0 Å². The van der Waals surface area contributed by atoms with Crippen LogP contribution in [0.3, 0.4) is 0 Å². The molecule has 1 fully saturated rings. The minimum Gasteiger partial charge on any atom is -0.338 e. The Morgan fingerprint density at radius 2 is 1.85 bits per heavy atom. The molecule has 12 nitrogen and oxygen atoms in total. The number of piperazine rings is 1. The van der Waals surface area contributed by atoms with E-state index in [1.54, 1.807) is 18.1 Å². The van der Waals surface area contributed by atoms with Crippen LogP contribution in [0.4, 0.5) is 24.8 Å². The fourth-order valence-corrected chi connectivity index (χ4v) is 3.35. The molecule has 33 heavy (non-hydrogen) atoms. The van der Waals surface area contributed by atoms with Gasteiger partial charge >= 0.3 is 11.9 Å². The summed E-state index contributed by atoms with van der Waals surface area (Å²) in [4.78, 5) is 33.7. The van der Waals surface area contributed by atoms with Gasteiger partial charge in [0.1, 0.15) is 18.9 Å². The third kappa shape index (κ3) is 4.91. The van der Waals surface area contributed by atoms with Gasteiger partial charge in [0, 0.05) is 45.0 Å². The summed E-state index contributed by atoms with van der Waals surface area (Å²) < 4.78 is 42.9. The smallest absolute Gasteiger partial charge is 0.338 e. The van der Waals surface area contributed by atoms with Gasteiger partial charge in [0.15, 0.2) is 5.69 Å². The molecule has 3 aromatic heterocycles. The number of carbonyl (C=O) groups is 1. The van der Waals surface area contributed by atoms with Gasteiger partial charge in [-0.1, -0.05) is 0 Å². The predicted octanol–water partition coefficient (Wildman–Crippen LogP) is 1.35.